The number of hydrogen-bond acceptors (Lipinski definition) is 7. The molecule has 1 aromatic carbocycles. The summed E-state index contributed by atoms with van der Waals surface area (Å²) >= 11 is 1.68. The van der Waals surface area contributed by atoms with Gasteiger partial charge in [-0.15, -0.1) is 11.3 Å². The Morgan fingerprint density at radius 1 is 1.31 bits per heavy atom. The van der Waals surface area contributed by atoms with Gasteiger partial charge in [0.2, 0.25) is 5.88 Å². The molecule has 8 heteroatoms. The van der Waals surface area contributed by atoms with Gasteiger partial charge >= 0.3 is 0 Å². The Balaban J connectivity index is 1.81. The van der Waals surface area contributed by atoms with Crippen LogP contribution >= 0.6 is 11.3 Å². The van der Waals surface area contributed by atoms with Crippen LogP contribution in [0.3, 0.4) is 0 Å². The van der Waals surface area contributed by atoms with E-state index in [1.165, 1.54) is 42.1 Å². The van der Waals surface area contributed by atoms with Gasteiger partial charge in [0.25, 0.3) is 5.69 Å². The maximum Gasteiger partial charge on any atom is 0.273 e. The number of rotatable bonds is 4. The van der Waals surface area contributed by atoms with Crippen molar-refractivity contribution in [2.24, 2.45) is 5.92 Å². The molecule has 1 aliphatic rings. The van der Waals surface area contributed by atoms with Crippen LogP contribution in [0.4, 0.5) is 5.69 Å². The van der Waals surface area contributed by atoms with Crippen LogP contribution in [0.15, 0.2) is 24.5 Å². The van der Waals surface area contributed by atoms with Crippen LogP contribution in [0.5, 0.6) is 17.4 Å². The third kappa shape index (κ3) is 2.86. The quantitative estimate of drug-likeness (QED) is 0.495. The summed E-state index contributed by atoms with van der Waals surface area (Å²) in [6.07, 6.45) is 4.59. The second-order valence-electron chi connectivity index (χ2n) is 6.41. The largest absolute Gasteiger partial charge is 0.493 e. The molecule has 1 atom stereocenters. The molecule has 0 fully saturated rings. The smallest absolute Gasteiger partial charge is 0.273 e. The minimum Gasteiger partial charge on any atom is -0.493 e. The number of fused-ring (bicyclic) bond motifs is 3. The summed E-state index contributed by atoms with van der Waals surface area (Å²) in [6, 6.07) is 4.26. The average Bonchev–Trinajstić information content (AvgIpc) is 2.99. The molecule has 1 aliphatic carbocycles. The van der Waals surface area contributed by atoms with E-state index in [2.05, 4.69) is 16.9 Å². The Morgan fingerprint density at radius 3 is 2.92 bits per heavy atom. The molecule has 4 rings (SSSR count). The Morgan fingerprint density at radius 2 is 2.15 bits per heavy atom. The molecule has 3 aromatic rings. The van der Waals surface area contributed by atoms with Crippen LogP contribution < -0.4 is 9.47 Å². The van der Waals surface area contributed by atoms with Crippen LogP contribution in [0, 0.1) is 16.0 Å². The van der Waals surface area contributed by atoms with Crippen molar-refractivity contribution in [3.8, 4) is 17.4 Å². The minimum absolute atomic E-state index is 0.0627. The van der Waals surface area contributed by atoms with Crippen LogP contribution in [0.1, 0.15) is 23.8 Å². The molecule has 0 unspecified atom stereocenters. The number of benzene rings is 1. The molecular weight excluding hydrogens is 354 g/mol. The van der Waals surface area contributed by atoms with E-state index in [9.17, 15) is 10.1 Å². The fraction of sp³-hybridized carbons (Fsp3) is 0.333. The highest BCUT2D eigenvalue weighted by atomic mass is 32.1. The lowest BCUT2D eigenvalue weighted by Crippen LogP contribution is -2.08. The lowest BCUT2D eigenvalue weighted by atomic mass is 9.89. The zero-order chi connectivity index (χ0) is 18.3. The number of ether oxygens (including phenoxy) is 2. The number of nitro benzene ring substituents is 1. The Labute approximate surface area is 153 Å². The van der Waals surface area contributed by atoms with E-state index in [1.807, 2.05) is 0 Å². The zero-order valence-electron chi connectivity index (χ0n) is 14.4. The predicted octanol–water partition coefficient (Wildman–Crippen LogP) is 4.53. The number of hydrogen-bond donors (Lipinski definition) is 0. The molecule has 7 nitrogen and oxygen atoms in total. The molecule has 0 amide bonds. The minimum atomic E-state index is -0.463. The van der Waals surface area contributed by atoms with Gasteiger partial charge in [0, 0.05) is 10.9 Å². The molecule has 0 saturated carbocycles. The van der Waals surface area contributed by atoms with Crippen molar-refractivity contribution >= 4 is 27.2 Å². The van der Waals surface area contributed by atoms with Gasteiger partial charge in [-0.25, -0.2) is 9.97 Å². The Hall–Kier alpha value is -2.74. The second-order valence-corrected chi connectivity index (χ2v) is 7.49. The molecule has 2 heterocycles. The number of methoxy groups -OCH3 is 1. The van der Waals surface area contributed by atoms with E-state index in [0.29, 0.717) is 17.5 Å². The second kappa shape index (κ2) is 6.53. The van der Waals surface area contributed by atoms with Crippen molar-refractivity contribution in [3.05, 3.63) is 45.1 Å². The zero-order valence-corrected chi connectivity index (χ0v) is 15.2. The van der Waals surface area contributed by atoms with Gasteiger partial charge in [0.05, 0.1) is 23.5 Å². The van der Waals surface area contributed by atoms with Crippen molar-refractivity contribution in [1.82, 2.24) is 9.97 Å². The van der Waals surface area contributed by atoms with Gasteiger partial charge in [0.15, 0.2) is 11.5 Å². The maximum absolute atomic E-state index is 11.1. The maximum atomic E-state index is 11.1. The normalized spacial score (nSPS) is 16.3. The van der Waals surface area contributed by atoms with Gasteiger partial charge < -0.3 is 9.47 Å². The Kier molecular flexibility index (Phi) is 4.20. The van der Waals surface area contributed by atoms with Gasteiger partial charge in [-0.3, -0.25) is 10.1 Å². The van der Waals surface area contributed by atoms with E-state index in [4.69, 9.17) is 9.47 Å². The summed E-state index contributed by atoms with van der Waals surface area (Å²) in [5, 5.41) is 12.0. The van der Waals surface area contributed by atoms with Gasteiger partial charge in [-0.05, 0) is 36.8 Å². The summed E-state index contributed by atoms with van der Waals surface area (Å²) in [7, 11) is 1.50. The molecule has 2 aromatic heterocycles. The number of nitrogens with zero attached hydrogens (tertiary/aromatic N) is 3. The van der Waals surface area contributed by atoms with Crippen LogP contribution in [-0.4, -0.2) is 22.0 Å². The summed E-state index contributed by atoms with van der Waals surface area (Å²) in [4.78, 5) is 21.5. The first-order chi connectivity index (χ1) is 12.6. The third-order valence-corrected chi connectivity index (χ3v) is 5.78. The molecule has 134 valence electrons. The number of thiophene rings is 1. The number of nitro groups is 1. The first kappa shape index (κ1) is 16.7. The molecule has 0 N–H and O–H groups in total. The van der Waals surface area contributed by atoms with Gasteiger partial charge in [-0.1, -0.05) is 6.92 Å². The third-order valence-electron chi connectivity index (χ3n) is 4.62. The number of aromatic nitrogens is 2. The van der Waals surface area contributed by atoms with Gasteiger partial charge in [-0.2, -0.15) is 0 Å². The topological polar surface area (TPSA) is 87.4 Å². The highest BCUT2D eigenvalue weighted by Gasteiger charge is 2.24. The lowest BCUT2D eigenvalue weighted by Gasteiger charge is -2.18. The van der Waals surface area contributed by atoms with Crippen molar-refractivity contribution < 1.29 is 14.4 Å². The molecule has 0 bridgehead atoms. The van der Waals surface area contributed by atoms with E-state index in [1.54, 1.807) is 11.3 Å². The Bertz CT molecular complexity index is 1000. The standard InChI is InChI=1S/C18H17N3O4S/c1-10-3-5-12-15(7-10)26-18-16(12)17(19-9-20-18)25-14-8-11(21(22)23)4-6-13(14)24-2/h4,6,8-10H,3,5,7H2,1-2H3/t10-/m1/s1. The van der Waals surface area contributed by atoms with Gasteiger partial charge in [0.1, 0.15) is 11.2 Å². The SMILES string of the molecule is COc1ccc([N+](=O)[O-])cc1Oc1ncnc2sc3c(c12)CC[C@@H](C)C3. The molecule has 26 heavy (non-hydrogen) atoms. The van der Waals surface area contributed by atoms with Crippen LogP contribution in [-0.2, 0) is 12.8 Å². The first-order valence-corrected chi connectivity index (χ1v) is 9.14. The highest BCUT2D eigenvalue weighted by molar-refractivity contribution is 7.18. The molecule has 0 spiro atoms. The lowest BCUT2D eigenvalue weighted by molar-refractivity contribution is -0.384. The summed E-state index contributed by atoms with van der Waals surface area (Å²) in [6.45, 7) is 2.25. The molecule has 0 radical (unpaired) electrons. The van der Waals surface area contributed by atoms with E-state index in [-0.39, 0.29) is 11.4 Å². The molecule has 0 aliphatic heterocycles. The molecule has 0 saturated heterocycles. The van der Waals surface area contributed by atoms with Crippen molar-refractivity contribution in [1.29, 1.82) is 0 Å². The van der Waals surface area contributed by atoms with Crippen LogP contribution in [0.25, 0.3) is 10.2 Å². The van der Waals surface area contributed by atoms with Crippen molar-refractivity contribution in [2.75, 3.05) is 7.11 Å². The van der Waals surface area contributed by atoms with Crippen molar-refractivity contribution in [3.63, 3.8) is 0 Å². The fourth-order valence-corrected chi connectivity index (χ4v) is 4.63. The highest BCUT2D eigenvalue weighted by Crippen LogP contribution is 2.43. The van der Waals surface area contributed by atoms with E-state index in [0.717, 1.165) is 29.5 Å². The van der Waals surface area contributed by atoms with E-state index >= 15 is 0 Å². The number of non-ortho nitro benzene ring substituents is 1. The number of aryl methyl sites for hydroxylation is 1. The summed E-state index contributed by atoms with van der Waals surface area (Å²) in [5.74, 6) is 1.76. The molecular formula is C18H17N3O4S. The van der Waals surface area contributed by atoms with Crippen LogP contribution in [0.2, 0.25) is 0 Å². The first-order valence-electron chi connectivity index (χ1n) is 8.32. The fourth-order valence-electron chi connectivity index (χ4n) is 3.29. The summed E-state index contributed by atoms with van der Waals surface area (Å²) < 4.78 is 11.3. The monoisotopic (exact) mass is 371 g/mol. The van der Waals surface area contributed by atoms with E-state index < -0.39 is 4.92 Å². The van der Waals surface area contributed by atoms with Crippen molar-refractivity contribution in [2.45, 2.75) is 26.2 Å². The average molecular weight is 371 g/mol. The predicted molar refractivity (Wildman–Crippen MR) is 98.3 cm³/mol. The summed E-state index contributed by atoms with van der Waals surface area (Å²) in [5.41, 5.74) is 1.18.